The zero-order chi connectivity index (χ0) is 32.5. The molecule has 0 atom stereocenters. The molecule has 2 heterocycles. The highest BCUT2D eigenvalue weighted by molar-refractivity contribution is 6.04. The average Bonchev–Trinajstić information content (AvgIpc) is 3.33. The molecule has 5 rings (SSSR count). The number of aromatic nitrogens is 2. The van der Waals surface area contributed by atoms with E-state index in [4.69, 9.17) is 9.72 Å². The zero-order valence-corrected chi connectivity index (χ0v) is 25.9. The van der Waals surface area contributed by atoms with Gasteiger partial charge in [0.15, 0.2) is 0 Å². The van der Waals surface area contributed by atoms with Crippen LogP contribution in [0, 0.1) is 5.92 Å². The largest absolute Gasteiger partial charge is 0.513 e. The summed E-state index contributed by atoms with van der Waals surface area (Å²) in [6, 6.07) is 10.2. The highest BCUT2D eigenvalue weighted by Gasteiger charge is 2.32. The number of piperazine rings is 1. The van der Waals surface area contributed by atoms with Crippen molar-refractivity contribution in [2.75, 3.05) is 31.5 Å². The highest BCUT2D eigenvalue weighted by Crippen LogP contribution is 2.39. The Hall–Kier alpha value is -4.06. The van der Waals surface area contributed by atoms with Crippen LogP contribution in [-0.4, -0.2) is 68.2 Å². The Morgan fingerprint density at radius 2 is 1.71 bits per heavy atom. The molecule has 242 valence electrons. The fourth-order valence-corrected chi connectivity index (χ4v) is 6.05. The highest BCUT2D eigenvalue weighted by atomic mass is 19.4. The van der Waals surface area contributed by atoms with E-state index in [1.165, 1.54) is 12.1 Å². The van der Waals surface area contributed by atoms with Gasteiger partial charge in [-0.15, -0.1) is 0 Å². The number of nitrogens with zero attached hydrogens (tertiary/aromatic N) is 4. The summed E-state index contributed by atoms with van der Waals surface area (Å²) in [5.41, 5.74) is 0.907. The van der Waals surface area contributed by atoms with E-state index in [9.17, 15) is 27.9 Å². The molecule has 3 aromatic rings. The van der Waals surface area contributed by atoms with Crippen molar-refractivity contribution in [3.05, 3.63) is 71.5 Å². The lowest BCUT2D eigenvalue weighted by atomic mass is 9.85. The fraction of sp³-hybridized carbons (Fsp3) is 0.485. The number of hydrogen-bond acceptors (Lipinski definition) is 6. The summed E-state index contributed by atoms with van der Waals surface area (Å²) >= 11 is 0. The van der Waals surface area contributed by atoms with Crippen molar-refractivity contribution in [2.45, 2.75) is 70.8 Å². The maximum absolute atomic E-state index is 13.3. The van der Waals surface area contributed by atoms with Crippen LogP contribution in [0.3, 0.4) is 0 Å². The Labute approximate surface area is 260 Å². The van der Waals surface area contributed by atoms with Crippen molar-refractivity contribution >= 4 is 29.0 Å². The van der Waals surface area contributed by atoms with Crippen LogP contribution in [-0.2, 0) is 17.5 Å². The molecule has 1 aliphatic heterocycles. The molecule has 12 heteroatoms. The number of hydrogen-bond donors (Lipinski definition) is 2. The number of carbonyl (C=O) groups is 2. The Morgan fingerprint density at radius 3 is 2.33 bits per heavy atom. The SMILES string of the molecule is C=C(O)C1CCC(n2c(NC(=O)c3cccc(C(F)(F)F)c3)nc3cc(CN4CCN(C(=O)OC(C)(C)C)CC4)ccc32)CC1. The summed E-state index contributed by atoms with van der Waals surface area (Å²) in [5, 5.41) is 12.7. The van der Waals surface area contributed by atoms with E-state index in [1.807, 2.05) is 43.5 Å². The Balaban J connectivity index is 1.36. The summed E-state index contributed by atoms with van der Waals surface area (Å²) in [6.07, 6.45) is -2.02. The van der Waals surface area contributed by atoms with E-state index in [0.29, 0.717) is 63.9 Å². The first-order valence-electron chi connectivity index (χ1n) is 15.3. The standard InChI is InChI=1S/C33H40F3N5O4/c1-21(42)23-9-11-26(12-10-23)41-28-13-8-22(20-39-14-16-40(17-15-39)31(44)45-32(2,3)4)18-27(28)37-30(41)38-29(43)24-6-5-7-25(19-24)33(34,35)36/h5-8,13,18-19,23,26,42H,1,9-12,14-17,20H2,2-4H3,(H,37,38,43). The molecule has 1 saturated heterocycles. The third kappa shape index (κ3) is 7.78. The van der Waals surface area contributed by atoms with Crippen LogP contribution in [0.15, 0.2) is 54.8 Å². The van der Waals surface area contributed by atoms with Gasteiger partial charge in [0.25, 0.3) is 5.91 Å². The van der Waals surface area contributed by atoms with Crippen LogP contribution < -0.4 is 5.32 Å². The number of amides is 2. The minimum absolute atomic E-state index is 0.00146. The number of ether oxygens (including phenoxy) is 1. The Morgan fingerprint density at radius 1 is 1.02 bits per heavy atom. The van der Waals surface area contributed by atoms with Crippen LogP contribution in [0.5, 0.6) is 0 Å². The van der Waals surface area contributed by atoms with Crippen LogP contribution in [0.25, 0.3) is 11.0 Å². The summed E-state index contributed by atoms with van der Waals surface area (Å²) < 4.78 is 47.4. The van der Waals surface area contributed by atoms with Gasteiger partial charge in [0.2, 0.25) is 5.95 Å². The number of benzene rings is 2. The first kappa shape index (κ1) is 32.3. The van der Waals surface area contributed by atoms with Gasteiger partial charge < -0.3 is 19.3 Å². The Kier molecular flexibility index (Phi) is 9.16. The second-order valence-electron chi connectivity index (χ2n) is 12.9. The van der Waals surface area contributed by atoms with Crippen LogP contribution in [0.2, 0.25) is 0 Å². The molecule has 0 unspecified atom stereocenters. The van der Waals surface area contributed by atoms with Gasteiger partial charge >= 0.3 is 12.3 Å². The topological polar surface area (TPSA) is 99.9 Å². The number of imidazole rings is 1. The number of carbonyl (C=O) groups excluding carboxylic acids is 2. The average molecular weight is 628 g/mol. The third-order valence-corrected chi connectivity index (χ3v) is 8.39. The lowest BCUT2D eigenvalue weighted by Gasteiger charge is -2.35. The molecule has 45 heavy (non-hydrogen) atoms. The van der Waals surface area contributed by atoms with Crippen molar-refractivity contribution in [3.8, 4) is 0 Å². The monoisotopic (exact) mass is 627 g/mol. The van der Waals surface area contributed by atoms with Crippen molar-refractivity contribution in [2.24, 2.45) is 5.92 Å². The van der Waals surface area contributed by atoms with Gasteiger partial charge in [-0.25, -0.2) is 9.78 Å². The molecule has 9 nitrogen and oxygen atoms in total. The van der Waals surface area contributed by atoms with E-state index in [0.717, 1.165) is 23.2 Å². The number of aliphatic hydroxyl groups is 1. The van der Waals surface area contributed by atoms with Crippen molar-refractivity contribution in [3.63, 3.8) is 0 Å². The summed E-state index contributed by atoms with van der Waals surface area (Å²) in [7, 11) is 0. The number of anilines is 1. The smallest absolute Gasteiger partial charge is 0.416 e. The van der Waals surface area contributed by atoms with Gasteiger partial charge in [-0.1, -0.05) is 18.7 Å². The van der Waals surface area contributed by atoms with E-state index >= 15 is 0 Å². The molecule has 2 aliphatic rings. The van der Waals surface area contributed by atoms with Crippen molar-refractivity contribution in [1.29, 1.82) is 0 Å². The molecule has 2 N–H and O–H groups in total. The number of aliphatic hydroxyl groups excluding tert-OH is 1. The molecular weight excluding hydrogens is 587 g/mol. The van der Waals surface area contributed by atoms with Gasteiger partial charge in [0.05, 0.1) is 22.4 Å². The molecule has 2 fully saturated rings. The lowest BCUT2D eigenvalue weighted by molar-refractivity contribution is -0.137. The van der Waals surface area contributed by atoms with Gasteiger partial charge in [-0.3, -0.25) is 15.0 Å². The predicted molar refractivity (Wildman–Crippen MR) is 165 cm³/mol. The third-order valence-electron chi connectivity index (χ3n) is 8.39. The van der Waals surface area contributed by atoms with E-state index in [1.54, 1.807) is 4.90 Å². The van der Waals surface area contributed by atoms with Gasteiger partial charge in [0.1, 0.15) is 5.60 Å². The number of nitrogens with one attached hydrogen (secondary N) is 1. The molecule has 0 radical (unpaired) electrons. The summed E-state index contributed by atoms with van der Waals surface area (Å²) in [4.78, 5) is 34.4. The summed E-state index contributed by atoms with van der Waals surface area (Å²) in [5.74, 6) is -0.250. The lowest BCUT2D eigenvalue weighted by Crippen LogP contribution is -2.49. The van der Waals surface area contributed by atoms with Crippen molar-refractivity contribution < 1.29 is 32.6 Å². The van der Waals surface area contributed by atoms with Crippen LogP contribution >= 0.6 is 0 Å². The number of alkyl halides is 3. The molecule has 1 aromatic heterocycles. The quantitative estimate of drug-likeness (QED) is 0.281. The van der Waals surface area contributed by atoms with Crippen molar-refractivity contribution in [1.82, 2.24) is 19.4 Å². The zero-order valence-electron chi connectivity index (χ0n) is 25.9. The van der Waals surface area contributed by atoms with E-state index < -0.39 is 23.2 Å². The number of fused-ring (bicyclic) bond motifs is 1. The fourth-order valence-electron chi connectivity index (χ4n) is 6.05. The number of halogens is 3. The predicted octanol–water partition coefficient (Wildman–Crippen LogP) is 7.16. The van der Waals surface area contributed by atoms with E-state index in [2.05, 4.69) is 16.8 Å². The first-order chi connectivity index (χ1) is 21.2. The van der Waals surface area contributed by atoms with Gasteiger partial charge in [-0.05, 0) is 82.3 Å². The number of allylic oxidation sites excluding steroid dienone is 1. The molecule has 0 spiro atoms. The van der Waals surface area contributed by atoms with Crippen LogP contribution in [0.4, 0.5) is 23.9 Å². The molecular formula is C33H40F3N5O4. The maximum atomic E-state index is 13.3. The minimum Gasteiger partial charge on any atom is -0.513 e. The number of rotatable bonds is 6. The molecule has 2 amide bonds. The molecule has 1 saturated carbocycles. The van der Waals surface area contributed by atoms with Gasteiger partial charge in [0, 0.05) is 50.2 Å². The Bertz CT molecular complexity index is 1560. The van der Waals surface area contributed by atoms with Crippen LogP contribution in [0.1, 0.15) is 74.0 Å². The van der Waals surface area contributed by atoms with E-state index in [-0.39, 0.29) is 35.3 Å². The maximum Gasteiger partial charge on any atom is 0.416 e. The molecule has 1 aliphatic carbocycles. The minimum atomic E-state index is -4.57. The molecule has 0 bridgehead atoms. The normalized spacial score (nSPS) is 19.8. The first-order valence-corrected chi connectivity index (χ1v) is 15.3. The summed E-state index contributed by atoms with van der Waals surface area (Å²) in [6.45, 7) is 12.3. The van der Waals surface area contributed by atoms with Gasteiger partial charge in [-0.2, -0.15) is 13.2 Å². The second-order valence-corrected chi connectivity index (χ2v) is 12.9. The second kappa shape index (κ2) is 12.7. The molecule has 2 aromatic carbocycles.